The first-order valence-corrected chi connectivity index (χ1v) is 6.26. The highest BCUT2D eigenvalue weighted by atomic mass is 127. The Labute approximate surface area is 112 Å². The molecular formula is C13H8INO2. The lowest BCUT2D eigenvalue weighted by molar-refractivity contribution is -0.525. The van der Waals surface area contributed by atoms with Gasteiger partial charge in [0.2, 0.25) is 0 Å². The van der Waals surface area contributed by atoms with Crippen LogP contribution in [0.25, 0.3) is 11.1 Å². The number of hydrogen-bond acceptors (Lipinski definition) is 2. The van der Waals surface area contributed by atoms with Crippen molar-refractivity contribution in [3.63, 3.8) is 0 Å². The third-order valence-corrected chi connectivity index (χ3v) is 4.67. The molecule has 0 N–H and O–H groups in total. The molecular weight excluding hydrogens is 329 g/mol. The number of benzene rings is 2. The third kappa shape index (κ3) is 1.27. The van der Waals surface area contributed by atoms with Gasteiger partial charge in [-0.05, 0) is 23.3 Å². The number of alkyl halides is 1. The Morgan fingerprint density at radius 3 is 1.76 bits per heavy atom. The summed E-state index contributed by atoms with van der Waals surface area (Å²) in [5.74, 6) is 0. The maximum Gasteiger partial charge on any atom is 0.320 e. The maximum absolute atomic E-state index is 11.4. The minimum atomic E-state index is -1.15. The summed E-state index contributed by atoms with van der Waals surface area (Å²) in [6.07, 6.45) is 0. The average molecular weight is 337 g/mol. The Hall–Kier alpha value is -1.43. The lowest BCUT2D eigenvalue weighted by Gasteiger charge is -2.15. The van der Waals surface area contributed by atoms with Crippen LogP contribution in [0.5, 0.6) is 0 Å². The van der Waals surface area contributed by atoms with E-state index in [2.05, 4.69) is 0 Å². The van der Waals surface area contributed by atoms with Gasteiger partial charge in [-0.15, -0.1) is 0 Å². The Bertz CT molecular complexity index is 579. The fraction of sp³-hybridized carbons (Fsp3) is 0.0769. The molecule has 0 heterocycles. The van der Waals surface area contributed by atoms with E-state index in [4.69, 9.17) is 0 Å². The molecule has 0 radical (unpaired) electrons. The quantitative estimate of drug-likeness (QED) is 0.262. The maximum atomic E-state index is 11.4. The van der Waals surface area contributed by atoms with Crippen LogP contribution in [0.15, 0.2) is 48.5 Å². The number of hydrogen-bond donors (Lipinski definition) is 0. The molecule has 1 aliphatic carbocycles. The molecule has 0 amide bonds. The summed E-state index contributed by atoms with van der Waals surface area (Å²) in [5, 5.41) is 11.4. The zero-order valence-electron chi connectivity index (χ0n) is 8.76. The molecule has 0 saturated carbocycles. The minimum Gasteiger partial charge on any atom is -0.262 e. The second kappa shape index (κ2) is 3.53. The van der Waals surface area contributed by atoms with Crippen molar-refractivity contribution in [1.82, 2.24) is 0 Å². The summed E-state index contributed by atoms with van der Waals surface area (Å²) in [5.41, 5.74) is 3.47. The zero-order valence-corrected chi connectivity index (χ0v) is 10.9. The van der Waals surface area contributed by atoms with Gasteiger partial charge < -0.3 is 0 Å². The van der Waals surface area contributed by atoms with E-state index in [-0.39, 0.29) is 4.92 Å². The van der Waals surface area contributed by atoms with Gasteiger partial charge in [-0.1, -0.05) is 36.4 Å². The lowest BCUT2D eigenvalue weighted by Crippen LogP contribution is -2.27. The van der Waals surface area contributed by atoms with Crippen molar-refractivity contribution in [2.75, 3.05) is 0 Å². The van der Waals surface area contributed by atoms with Gasteiger partial charge in [0, 0.05) is 27.5 Å². The van der Waals surface area contributed by atoms with Gasteiger partial charge in [-0.2, -0.15) is 0 Å². The number of halogens is 1. The van der Waals surface area contributed by atoms with E-state index >= 15 is 0 Å². The first kappa shape index (κ1) is 10.7. The van der Waals surface area contributed by atoms with Crippen LogP contribution in [-0.4, -0.2) is 4.92 Å². The zero-order chi connectivity index (χ0) is 12.0. The van der Waals surface area contributed by atoms with Crippen molar-refractivity contribution in [3.05, 3.63) is 69.8 Å². The fourth-order valence-electron chi connectivity index (χ4n) is 2.36. The Kier molecular flexibility index (Phi) is 2.22. The molecule has 0 saturated heterocycles. The number of rotatable bonds is 1. The standard InChI is InChI=1S/C13H8INO2/c14-13(15(16)17)11-7-3-1-5-9(11)10-6-2-4-8-12(10)13/h1-8H. The van der Waals surface area contributed by atoms with Gasteiger partial charge >= 0.3 is 3.55 Å². The molecule has 0 unspecified atom stereocenters. The van der Waals surface area contributed by atoms with Gasteiger partial charge in [0.15, 0.2) is 0 Å². The van der Waals surface area contributed by atoms with Gasteiger partial charge in [0.05, 0.1) is 11.1 Å². The molecule has 0 fully saturated rings. The van der Waals surface area contributed by atoms with Crippen LogP contribution in [0, 0.1) is 10.1 Å². The SMILES string of the molecule is O=[N+]([O-])C1(I)c2ccccc2-c2ccccc21. The highest BCUT2D eigenvalue weighted by molar-refractivity contribution is 14.1. The van der Waals surface area contributed by atoms with Crippen molar-refractivity contribution < 1.29 is 4.92 Å². The predicted octanol–water partition coefficient (Wildman–Crippen LogP) is 3.58. The van der Waals surface area contributed by atoms with Crippen LogP contribution in [-0.2, 0) is 3.55 Å². The smallest absolute Gasteiger partial charge is 0.262 e. The summed E-state index contributed by atoms with van der Waals surface area (Å²) in [7, 11) is 0. The first-order chi connectivity index (χ1) is 8.15. The molecule has 2 aromatic carbocycles. The van der Waals surface area contributed by atoms with E-state index in [1.165, 1.54) is 0 Å². The molecule has 4 heteroatoms. The summed E-state index contributed by atoms with van der Waals surface area (Å²) >= 11 is 1.94. The van der Waals surface area contributed by atoms with E-state index in [0.717, 1.165) is 22.3 Å². The molecule has 3 rings (SSSR count). The van der Waals surface area contributed by atoms with Crippen LogP contribution in [0.1, 0.15) is 11.1 Å². The Morgan fingerprint density at radius 2 is 1.35 bits per heavy atom. The molecule has 84 valence electrons. The van der Waals surface area contributed by atoms with E-state index in [1.54, 1.807) is 0 Å². The highest BCUT2D eigenvalue weighted by Gasteiger charge is 2.51. The summed E-state index contributed by atoms with van der Waals surface area (Å²) < 4.78 is -1.15. The molecule has 0 bridgehead atoms. The molecule has 0 spiro atoms. The molecule has 17 heavy (non-hydrogen) atoms. The van der Waals surface area contributed by atoms with Gasteiger partial charge in [0.1, 0.15) is 0 Å². The number of nitrogens with zero attached hydrogens (tertiary/aromatic N) is 1. The summed E-state index contributed by atoms with van der Waals surface area (Å²) in [4.78, 5) is 11.2. The first-order valence-electron chi connectivity index (χ1n) is 5.18. The molecule has 0 atom stereocenters. The van der Waals surface area contributed by atoms with Crippen molar-refractivity contribution in [1.29, 1.82) is 0 Å². The number of fused-ring (bicyclic) bond motifs is 3. The largest absolute Gasteiger partial charge is 0.320 e. The summed E-state index contributed by atoms with van der Waals surface area (Å²) in [6.45, 7) is 0. The molecule has 1 aliphatic rings. The normalized spacial score (nSPS) is 15.1. The van der Waals surface area contributed by atoms with E-state index in [9.17, 15) is 10.1 Å². The van der Waals surface area contributed by atoms with Crippen LogP contribution in [0.2, 0.25) is 0 Å². The molecule has 0 aliphatic heterocycles. The van der Waals surface area contributed by atoms with E-state index in [1.807, 2.05) is 71.1 Å². The predicted molar refractivity (Wildman–Crippen MR) is 73.7 cm³/mol. The van der Waals surface area contributed by atoms with Crippen LogP contribution < -0.4 is 0 Å². The van der Waals surface area contributed by atoms with E-state index in [0.29, 0.717) is 0 Å². The highest BCUT2D eigenvalue weighted by Crippen LogP contribution is 2.52. The van der Waals surface area contributed by atoms with Gasteiger partial charge in [0.25, 0.3) is 0 Å². The topological polar surface area (TPSA) is 43.1 Å². The molecule has 2 aromatic rings. The monoisotopic (exact) mass is 337 g/mol. The second-order valence-corrected chi connectivity index (χ2v) is 5.53. The second-order valence-electron chi connectivity index (χ2n) is 3.97. The van der Waals surface area contributed by atoms with Gasteiger partial charge in [-0.3, -0.25) is 10.1 Å². The van der Waals surface area contributed by atoms with Gasteiger partial charge in [-0.25, -0.2) is 0 Å². The van der Waals surface area contributed by atoms with Crippen molar-refractivity contribution in [2.45, 2.75) is 3.55 Å². The van der Waals surface area contributed by atoms with Crippen LogP contribution in [0.3, 0.4) is 0 Å². The van der Waals surface area contributed by atoms with Crippen LogP contribution >= 0.6 is 22.6 Å². The average Bonchev–Trinajstić information content (AvgIpc) is 2.63. The minimum absolute atomic E-state index is 0.210. The third-order valence-electron chi connectivity index (χ3n) is 3.11. The van der Waals surface area contributed by atoms with Crippen LogP contribution in [0.4, 0.5) is 0 Å². The van der Waals surface area contributed by atoms with Crippen molar-refractivity contribution in [3.8, 4) is 11.1 Å². The fourth-order valence-corrected chi connectivity index (χ4v) is 3.30. The van der Waals surface area contributed by atoms with E-state index < -0.39 is 3.55 Å². The molecule has 3 nitrogen and oxygen atoms in total. The summed E-state index contributed by atoms with van der Waals surface area (Å²) in [6, 6.07) is 15.1. The van der Waals surface area contributed by atoms with Crippen molar-refractivity contribution in [2.24, 2.45) is 0 Å². The molecule has 0 aromatic heterocycles. The number of nitro groups is 1. The Balaban J connectivity index is 2.43. The lowest BCUT2D eigenvalue weighted by atomic mass is 10.1. The Morgan fingerprint density at radius 1 is 0.941 bits per heavy atom. The van der Waals surface area contributed by atoms with Crippen molar-refractivity contribution >= 4 is 22.6 Å².